The molecule has 5 atom stereocenters. The van der Waals surface area contributed by atoms with Crippen molar-refractivity contribution < 1.29 is 37.3 Å². The van der Waals surface area contributed by atoms with Gasteiger partial charge in [-0.05, 0) is 94.6 Å². The lowest BCUT2D eigenvalue weighted by Crippen LogP contribution is -2.47. The van der Waals surface area contributed by atoms with E-state index in [0.29, 0.717) is 6.54 Å². The molecule has 0 radical (unpaired) electrons. The van der Waals surface area contributed by atoms with Crippen molar-refractivity contribution in [1.29, 1.82) is 0 Å². The summed E-state index contributed by atoms with van der Waals surface area (Å²) in [5.74, 6) is 1.08. The third-order valence-corrected chi connectivity index (χ3v) is 14.0. The van der Waals surface area contributed by atoms with E-state index >= 15 is 0 Å². The molecule has 0 bridgehead atoms. The van der Waals surface area contributed by atoms with Gasteiger partial charge in [0.05, 0.1) is 37.9 Å². The molecular weight excluding hydrogens is 839 g/mol. The van der Waals surface area contributed by atoms with Gasteiger partial charge in [0.15, 0.2) is 17.8 Å². The zero-order valence-electron chi connectivity index (χ0n) is 37.3. The Kier molecular flexibility index (Phi) is 14.4. The number of aliphatic hydroxyl groups is 1. The first-order chi connectivity index (χ1) is 31.5. The van der Waals surface area contributed by atoms with Gasteiger partial charge in [0.25, 0.3) is 0 Å². The summed E-state index contributed by atoms with van der Waals surface area (Å²) in [5.41, 5.74) is 9.83. The van der Waals surface area contributed by atoms with Crippen LogP contribution in [-0.2, 0) is 56.8 Å². The number of aryl methyl sites for hydroxylation is 1. The Morgan fingerprint density at radius 1 is 0.769 bits per heavy atom. The van der Waals surface area contributed by atoms with Gasteiger partial charge >= 0.3 is 0 Å². The maximum Gasteiger partial charge on any atom is 0.241 e. The van der Waals surface area contributed by atoms with E-state index in [1.165, 1.54) is 11.1 Å². The van der Waals surface area contributed by atoms with Gasteiger partial charge < -0.3 is 29.4 Å². The second-order valence-electron chi connectivity index (χ2n) is 17.0. The van der Waals surface area contributed by atoms with Crippen molar-refractivity contribution in [3.63, 3.8) is 0 Å². The number of carbonyl (C=O) groups is 1. The van der Waals surface area contributed by atoms with Gasteiger partial charge in [0.2, 0.25) is 15.9 Å². The van der Waals surface area contributed by atoms with E-state index in [2.05, 4.69) is 46.1 Å². The van der Waals surface area contributed by atoms with E-state index in [-0.39, 0.29) is 42.6 Å². The molecule has 5 unspecified atom stereocenters. The van der Waals surface area contributed by atoms with Gasteiger partial charge in [-0.2, -0.15) is 4.72 Å². The molecule has 6 aromatic rings. The minimum Gasteiger partial charge on any atom is -0.493 e. The number of sulfonamides is 1. The predicted octanol–water partition coefficient (Wildman–Crippen LogP) is 8.23. The van der Waals surface area contributed by atoms with Crippen LogP contribution in [0.3, 0.4) is 0 Å². The fourth-order valence-electron chi connectivity index (χ4n) is 8.70. The van der Waals surface area contributed by atoms with E-state index in [4.69, 9.17) is 18.9 Å². The Morgan fingerprint density at radius 3 is 2.14 bits per heavy atom. The van der Waals surface area contributed by atoms with Gasteiger partial charge in [-0.3, -0.25) is 9.69 Å². The number of methoxy groups -OCH3 is 2. The Balaban J connectivity index is 0.967. The molecule has 2 aliphatic heterocycles. The van der Waals surface area contributed by atoms with E-state index in [9.17, 15) is 18.3 Å². The number of ether oxygens (including phenoxy) is 4. The van der Waals surface area contributed by atoms with Crippen LogP contribution in [0.5, 0.6) is 11.5 Å². The van der Waals surface area contributed by atoms with Gasteiger partial charge in [-0.15, -0.1) is 0 Å². The molecule has 2 aliphatic rings. The largest absolute Gasteiger partial charge is 0.493 e. The number of nitrogens with zero attached hydrogens (tertiary/aromatic N) is 1. The van der Waals surface area contributed by atoms with E-state index in [1.807, 2.05) is 97.9 Å². The van der Waals surface area contributed by atoms with Crippen molar-refractivity contribution in [3.8, 4) is 22.6 Å². The van der Waals surface area contributed by atoms with Crippen LogP contribution in [-0.4, -0.2) is 63.8 Å². The van der Waals surface area contributed by atoms with Crippen molar-refractivity contribution in [2.75, 3.05) is 27.3 Å². The molecule has 0 spiro atoms. The molecule has 0 aromatic heterocycles. The van der Waals surface area contributed by atoms with Gasteiger partial charge in [-0.1, -0.05) is 122 Å². The molecule has 1 fully saturated rings. The van der Waals surface area contributed by atoms with Crippen molar-refractivity contribution >= 4 is 15.9 Å². The molecule has 8 rings (SSSR count). The molecule has 1 saturated heterocycles. The summed E-state index contributed by atoms with van der Waals surface area (Å²) in [5, 5.41) is 12.7. The second kappa shape index (κ2) is 20.5. The average Bonchev–Trinajstić information content (AvgIpc) is 3.33. The average molecular weight is 896 g/mol. The fourth-order valence-corrected chi connectivity index (χ4v) is 9.89. The number of hydrogen-bond donors (Lipinski definition) is 3. The summed E-state index contributed by atoms with van der Waals surface area (Å²) >= 11 is 0. The first-order valence-corrected chi connectivity index (χ1v) is 23.5. The number of carbonyl (C=O) groups excluding carboxylic acids is 1. The van der Waals surface area contributed by atoms with Crippen LogP contribution in [0, 0.1) is 12.8 Å². The van der Waals surface area contributed by atoms with E-state index in [0.717, 1.165) is 75.5 Å². The lowest BCUT2D eigenvalue weighted by molar-refractivity contribution is -0.276. The lowest BCUT2D eigenvalue weighted by atomic mass is 9.89. The van der Waals surface area contributed by atoms with E-state index < -0.39 is 28.3 Å². The van der Waals surface area contributed by atoms with Crippen LogP contribution in [0.15, 0.2) is 144 Å². The highest BCUT2D eigenvalue weighted by Crippen LogP contribution is 2.43. The van der Waals surface area contributed by atoms with Crippen LogP contribution in [0.1, 0.15) is 63.8 Å². The van der Waals surface area contributed by atoms with Crippen molar-refractivity contribution in [1.82, 2.24) is 14.9 Å². The lowest BCUT2D eigenvalue weighted by Gasteiger charge is -2.43. The molecule has 3 N–H and O–H groups in total. The molecule has 6 aromatic carbocycles. The third kappa shape index (κ3) is 11.0. The number of benzene rings is 6. The highest BCUT2D eigenvalue weighted by molar-refractivity contribution is 7.89. The van der Waals surface area contributed by atoms with E-state index in [1.54, 1.807) is 38.5 Å². The fraction of sp³-hybridized carbons (Fsp3) is 0.302. The minimum atomic E-state index is -3.97. The summed E-state index contributed by atoms with van der Waals surface area (Å²) in [7, 11) is -0.644. The highest BCUT2D eigenvalue weighted by Gasteiger charge is 2.39. The predicted molar refractivity (Wildman–Crippen MR) is 251 cm³/mol. The first kappa shape index (κ1) is 45.7. The standard InChI is InChI=1S/C53H57N3O8S/c1-35-13-23-46(24-14-35)65(59,60)55-47(28-37-9-6-5-7-10-37)52(58)54-31-39-11-8-12-43(27-39)40-19-21-42(22-20-40)53-63-50(36(2)51(64-53)41-17-15-38(34-57)16-18-41)33-56-26-25-44-29-48(61-3)49(62-4)30-45(44)32-56/h5-24,27,29-30,36,47,50-51,53,55,57H,25-26,28,31-34H2,1-4H3,(H,54,58). The molecule has 0 saturated carbocycles. The van der Waals surface area contributed by atoms with Gasteiger partial charge in [0, 0.05) is 37.7 Å². The molecule has 338 valence electrons. The third-order valence-electron chi connectivity index (χ3n) is 12.5. The van der Waals surface area contributed by atoms with Gasteiger partial charge in [-0.25, -0.2) is 8.42 Å². The molecule has 1 amide bonds. The Labute approximate surface area is 382 Å². The zero-order chi connectivity index (χ0) is 45.5. The smallest absolute Gasteiger partial charge is 0.241 e. The summed E-state index contributed by atoms with van der Waals surface area (Å²) in [6.45, 7) is 6.62. The minimum absolute atomic E-state index is 0.0270. The summed E-state index contributed by atoms with van der Waals surface area (Å²) in [6, 6.07) is 43.1. The monoisotopic (exact) mass is 895 g/mol. The Bertz CT molecular complexity index is 2660. The maximum absolute atomic E-state index is 13.7. The SMILES string of the molecule is COc1cc2c(cc1OC)CN(CC1OC(c3ccc(-c4cccc(CNC(=O)C(Cc5ccccc5)NS(=O)(=O)c5ccc(C)cc5)c4)cc3)OC(c3ccc(CO)cc3)C1C)CC2. The number of amides is 1. The van der Waals surface area contributed by atoms with Crippen molar-refractivity contribution in [2.24, 2.45) is 5.92 Å². The number of nitrogens with one attached hydrogen (secondary N) is 2. The number of rotatable bonds is 16. The van der Waals surface area contributed by atoms with Gasteiger partial charge in [0.1, 0.15) is 6.04 Å². The Hall–Kier alpha value is -5.86. The van der Waals surface area contributed by atoms with Crippen LogP contribution in [0.4, 0.5) is 0 Å². The number of hydrogen-bond acceptors (Lipinski definition) is 9. The van der Waals surface area contributed by atoms with Crippen molar-refractivity contribution in [3.05, 3.63) is 184 Å². The topological polar surface area (TPSA) is 136 Å². The van der Waals surface area contributed by atoms with Crippen LogP contribution in [0.25, 0.3) is 11.1 Å². The summed E-state index contributed by atoms with van der Waals surface area (Å²) in [6.07, 6.45) is 0.0678. The molecule has 11 nitrogen and oxygen atoms in total. The van der Waals surface area contributed by atoms with Crippen molar-refractivity contribution in [2.45, 2.75) is 75.8 Å². The number of aliphatic hydroxyl groups excluding tert-OH is 1. The van der Waals surface area contributed by atoms with Crippen LogP contribution < -0.4 is 19.5 Å². The molecular formula is C53H57N3O8S. The summed E-state index contributed by atoms with van der Waals surface area (Å²) in [4.78, 5) is 16.3. The highest BCUT2D eigenvalue weighted by atomic mass is 32.2. The normalized spacial score (nSPS) is 19.2. The first-order valence-electron chi connectivity index (χ1n) is 22.1. The molecule has 65 heavy (non-hydrogen) atoms. The maximum atomic E-state index is 13.7. The zero-order valence-corrected chi connectivity index (χ0v) is 38.1. The second-order valence-corrected chi connectivity index (χ2v) is 18.7. The van der Waals surface area contributed by atoms with Crippen LogP contribution >= 0.6 is 0 Å². The quantitative estimate of drug-likeness (QED) is 0.0879. The molecule has 0 aliphatic carbocycles. The van der Waals surface area contributed by atoms with Crippen LogP contribution in [0.2, 0.25) is 0 Å². The molecule has 2 heterocycles. The molecule has 12 heteroatoms. The number of fused-ring (bicyclic) bond motifs is 1. The summed E-state index contributed by atoms with van der Waals surface area (Å²) < 4.78 is 54.3. The Morgan fingerprint density at radius 2 is 1.45 bits per heavy atom.